The van der Waals surface area contributed by atoms with Gasteiger partial charge in [-0.15, -0.1) is 0 Å². The first-order valence-electron chi connectivity index (χ1n) is 12.3. The number of hydrogen-bond acceptors (Lipinski definition) is 8. The Bertz CT molecular complexity index is 1260. The van der Waals surface area contributed by atoms with E-state index in [1.54, 1.807) is 13.4 Å². The number of aromatic nitrogens is 2. The summed E-state index contributed by atoms with van der Waals surface area (Å²) in [5, 5.41) is 1.11. The van der Waals surface area contributed by atoms with Crippen molar-refractivity contribution in [1.29, 1.82) is 0 Å². The number of fused-ring (bicyclic) bond motifs is 1. The van der Waals surface area contributed by atoms with E-state index in [-0.39, 0.29) is 0 Å². The molecule has 1 aliphatic heterocycles. The maximum atomic E-state index is 5.93. The molecule has 4 aromatic rings. The molecule has 8 heteroatoms. The van der Waals surface area contributed by atoms with E-state index in [2.05, 4.69) is 45.1 Å². The molecule has 2 aromatic heterocycles. The lowest BCUT2D eigenvalue weighted by Crippen LogP contribution is -2.38. The number of morpholine rings is 1. The molecule has 0 spiro atoms. The third-order valence-corrected chi connectivity index (χ3v) is 6.26. The van der Waals surface area contributed by atoms with Crippen LogP contribution >= 0.6 is 0 Å². The SMILES string of the molecule is COc1cccc(CN(Cc2ccc3ncccc3c2)c2nc(COCCN3CCOCC3)co2)c1. The van der Waals surface area contributed by atoms with Crippen molar-refractivity contribution in [3.8, 4) is 5.75 Å². The molecule has 8 nitrogen and oxygen atoms in total. The van der Waals surface area contributed by atoms with Gasteiger partial charge in [-0.3, -0.25) is 9.88 Å². The molecule has 2 aromatic carbocycles. The van der Waals surface area contributed by atoms with E-state index in [4.69, 9.17) is 23.6 Å². The van der Waals surface area contributed by atoms with Gasteiger partial charge in [0.2, 0.25) is 0 Å². The van der Waals surface area contributed by atoms with E-state index < -0.39 is 0 Å². The Morgan fingerprint density at radius 3 is 2.72 bits per heavy atom. The van der Waals surface area contributed by atoms with Crippen molar-refractivity contribution in [2.24, 2.45) is 0 Å². The van der Waals surface area contributed by atoms with Crippen LogP contribution in [0, 0.1) is 0 Å². The van der Waals surface area contributed by atoms with Crippen LogP contribution in [-0.2, 0) is 29.2 Å². The number of oxazole rings is 1. The first-order valence-corrected chi connectivity index (χ1v) is 12.3. The summed E-state index contributed by atoms with van der Waals surface area (Å²) in [6.07, 6.45) is 3.50. The monoisotopic (exact) mass is 488 g/mol. The second kappa shape index (κ2) is 12.0. The van der Waals surface area contributed by atoms with Gasteiger partial charge in [-0.2, -0.15) is 4.98 Å². The van der Waals surface area contributed by atoms with Crippen LogP contribution in [0.2, 0.25) is 0 Å². The molecule has 0 bridgehead atoms. The van der Waals surface area contributed by atoms with Crippen LogP contribution in [0.4, 0.5) is 6.01 Å². The second-order valence-electron chi connectivity index (χ2n) is 8.87. The molecule has 0 aliphatic carbocycles. The first kappa shape index (κ1) is 24.2. The molecule has 0 atom stereocenters. The zero-order valence-electron chi connectivity index (χ0n) is 20.6. The van der Waals surface area contributed by atoms with E-state index in [1.807, 2.05) is 30.5 Å². The van der Waals surface area contributed by atoms with Gasteiger partial charge in [0.25, 0.3) is 6.01 Å². The Hall–Kier alpha value is -3.46. The molecular weight excluding hydrogens is 456 g/mol. The molecule has 1 aliphatic rings. The van der Waals surface area contributed by atoms with Crippen molar-refractivity contribution in [3.63, 3.8) is 0 Å². The minimum Gasteiger partial charge on any atom is -0.497 e. The van der Waals surface area contributed by atoms with Gasteiger partial charge in [0, 0.05) is 44.3 Å². The summed E-state index contributed by atoms with van der Waals surface area (Å²) >= 11 is 0. The lowest BCUT2D eigenvalue weighted by Gasteiger charge is -2.26. The molecule has 0 N–H and O–H groups in total. The first-order chi connectivity index (χ1) is 17.8. The van der Waals surface area contributed by atoms with Crippen molar-refractivity contribution in [1.82, 2.24) is 14.9 Å². The van der Waals surface area contributed by atoms with Crippen molar-refractivity contribution in [2.45, 2.75) is 19.7 Å². The van der Waals surface area contributed by atoms with Crippen LogP contribution in [0.15, 0.2) is 71.5 Å². The molecule has 3 heterocycles. The molecule has 0 amide bonds. The maximum Gasteiger partial charge on any atom is 0.298 e. The smallest absolute Gasteiger partial charge is 0.298 e. The van der Waals surface area contributed by atoms with Gasteiger partial charge in [-0.25, -0.2) is 0 Å². The van der Waals surface area contributed by atoms with Crippen LogP contribution in [0.1, 0.15) is 16.8 Å². The Kier molecular flexibility index (Phi) is 8.07. The van der Waals surface area contributed by atoms with Crippen LogP contribution in [0.3, 0.4) is 0 Å². The molecule has 0 saturated carbocycles. The fraction of sp³-hybridized carbons (Fsp3) is 0.357. The Morgan fingerprint density at radius 1 is 1.00 bits per heavy atom. The number of ether oxygens (including phenoxy) is 3. The van der Waals surface area contributed by atoms with Gasteiger partial charge >= 0.3 is 0 Å². The van der Waals surface area contributed by atoms with Crippen molar-refractivity contribution in [3.05, 3.63) is 83.9 Å². The minimum atomic E-state index is 0.419. The third kappa shape index (κ3) is 6.40. The largest absolute Gasteiger partial charge is 0.497 e. The molecule has 188 valence electrons. The predicted octanol–water partition coefficient (Wildman–Crippen LogP) is 4.29. The summed E-state index contributed by atoms with van der Waals surface area (Å²) < 4.78 is 22.6. The van der Waals surface area contributed by atoms with Gasteiger partial charge in [0.15, 0.2) is 0 Å². The lowest BCUT2D eigenvalue weighted by atomic mass is 10.1. The summed E-state index contributed by atoms with van der Waals surface area (Å²) in [7, 11) is 1.68. The number of hydrogen-bond donors (Lipinski definition) is 0. The molecule has 5 rings (SSSR count). The standard InChI is InChI=1S/C28H32N4O4/c1-33-26-6-2-4-22(17-26)18-32(19-23-7-8-27-24(16-23)5-3-9-29-27)28-30-25(21-36-28)20-35-15-12-31-10-13-34-14-11-31/h2-9,16-17,21H,10-15,18-20H2,1H3. The summed E-state index contributed by atoms with van der Waals surface area (Å²) in [6, 6.07) is 19.0. The van der Waals surface area contributed by atoms with E-state index in [9.17, 15) is 0 Å². The van der Waals surface area contributed by atoms with E-state index in [0.717, 1.165) is 66.3 Å². The van der Waals surface area contributed by atoms with Gasteiger partial charge in [0.1, 0.15) is 17.7 Å². The van der Waals surface area contributed by atoms with Gasteiger partial charge < -0.3 is 23.5 Å². The number of nitrogens with zero attached hydrogens (tertiary/aromatic N) is 4. The fourth-order valence-corrected chi connectivity index (χ4v) is 4.33. The summed E-state index contributed by atoms with van der Waals surface area (Å²) in [6.45, 7) is 6.74. The lowest BCUT2D eigenvalue weighted by molar-refractivity contribution is 0.0177. The average Bonchev–Trinajstić information content (AvgIpc) is 3.40. The normalized spacial score (nSPS) is 14.2. The summed E-state index contributed by atoms with van der Waals surface area (Å²) in [5.74, 6) is 0.825. The Labute approximate surface area is 211 Å². The van der Waals surface area contributed by atoms with Crippen molar-refractivity contribution >= 4 is 16.9 Å². The van der Waals surface area contributed by atoms with Crippen molar-refractivity contribution in [2.75, 3.05) is 51.5 Å². The highest BCUT2D eigenvalue weighted by atomic mass is 16.5. The molecule has 0 radical (unpaired) electrons. The number of anilines is 1. The van der Waals surface area contributed by atoms with Gasteiger partial charge in [-0.05, 0) is 41.5 Å². The molecule has 0 unspecified atom stereocenters. The van der Waals surface area contributed by atoms with Crippen LogP contribution < -0.4 is 9.64 Å². The minimum absolute atomic E-state index is 0.419. The van der Waals surface area contributed by atoms with Gasteiger partial charge in [0.05, 0.1) is 39.1 Å². The highest BCUT2D eigenvalue weighted by molar-refractivity contribution is 5.79. The van der Waals surface area contributed by atoms with Crippen LogP contribution in [-0.4, -0.2) is 61.4 Å². The average molecular weight is 489 g/mol. The predicted molar refractivity (Wildman–Crippen MR) is 138 cm³/mol. The number of rotatable bonds is 11. The highest BCUT2D eigenvalue weighted by Crippen LogP contribution is 2.23. The number of pyridine rings is 1. The van der Waals surface area contributed by atoms with Crippen LogP contribution in [0.5, 0.6) is 5.75 Å². The van der Waals surface area contributed by atoms with E-state index >= 15 is 0 Å². The molecule has 1 fully saturated rings. The summed E-state index contributed by atoms with van der Waals surface area (Å²) in [4.78, 5) is 13.7. The van der Waals surface area contributed by atoms with E-state index in [1.165, 1.54) is 0 Å². The third-order valence-electron chi connectivity index (χ3n) is 6.26. The Balaban J connectivity index is 1.28. The molecule has 1 saturated heterocycles. The fourth-order valence-electron chi connectivity index (χ4n) is 4.33. The van der Waals surface area contributed by atoms with E-state index in [0.29, 0.717) is 32.3 Å². The molecular formula is C28H32N4O4. The number of methoxy groups -OCH3 is 1. The topological polar surface area (TPSA) is 73.1 Å². The zero-order chi connectivity index (χ0) is 24.6. The van der Waals surface area contributed by atoms with Crippen molar-refractivity contribution < 1.29 is 18.6 Å². The Morgan fingerprint density at radius 2 is 1.86 bits per heavy atom. The maximum absolute atomic E-state index is 5.93. The quantitative estimate of drug-likeness (QED) is 0.290. The van der Waals surface area contributed by atoms with Gasteiger partial charge in [-0.1, -0.05) is 24.3 Å². The zero-order valence-corrected chi connectivity index (χ0v) is 20.6. The highest BCUT2D eigenvalue weighted by Gasteiger charge is 2.16. The van der Waals surface area contributed by atoms with Crippen LogP contribution in [0.25, 0.3) is 10.9 Å². The number of benzene rings is 2. The molecule has 36 heavy (non-hydrogen) atoms. The second-order valence-corrected chi connectivity index (χ2v) is 8.87. The summed E-state index contributed by atoms with van der Waals surface area (Å²) in [5.41, 5.74) is 4.02.